The summed E-state index contributed by atoms with van der Waals surface area (Å²) in [6.45, 7) is 0.466. The fraction of sp³-hybridized carbons (Fsp3) is 0.100. The van der Waals surface area contributed by atoms with Gasteiger partial charge in [-0.05, 0) is 41.5 Å². The van der Waals surface area contributed by atoms with Crippen LogP contribution in [0.2, 0.25) is 5.02 Å². The molecule has 0 aliphatic rings. The number of hydrazone groups is 1. The second-order valence-corrected chi connectivity index (χ2v) is 6.17. The van der Waals surface area contributed by atoms with E-state index in [1.165, 1.54) is 6.21 Å². The number of ether oxygens (including phenoxy) is 1. The van der Waals surface area contributed by atoms with Gasteiger partial charge in [-0.2, -0.15) is 18.3 Å². The van der Waals surface area contributed by atoms with Gasteiger partial charge < -0.3 is 4.74 Å². The van der Waals surface area contributed by atoms with Gasteiger partial charge in [-0.25, -0.2) is 4.98 Å². The minimum absolute atomic E-state index is 0.0359. The zero-order valence-corrected chi connectivity index (χ0v) is 15.2. The number of hydrogen-bond acceptors (Lipinski definition) is 4. The molecular formula is C20H15ClF3N3O. The van der Waals surface area contributed by atoms with E-state index >= 15 is 0 Å². The first-order chi connectivity index (χ1) is 13.4. The van der Waals surface area contributed by atoms with Crippen LogP contribution in [0.4, 0.5) is 19.0 Å². The summed E-state index contributed by atoms with van der Waals surface area (Å²) in [5, 5.41) is 3.77. The lowest BCUT2D eigenvalue weighted by Crippen LogP contribution is -2.06. The second-order valence-electron chi connectivity index (χ2n) is 5.77. The molecule has 2 aromatic carbocycles. The summed E-state index contributed by atoms with van der Waals surface area (Å²) in [7, 11) is 0. The number of aromatic nitrogens is 1. The molecule has 8 heteroatoms. The van der Waals surface area contributed by atoms with Crippen LogP contribution >= 0.6 is 11.6 Å². The highest BCUT2D eigenvalue weighted by Crippen LogP contribution is 2.32. The summed E-state index contributed by atoms with van der Waals surface area (Å²) in [5.41, 5.74) is 3.44. The van der Waals surface area contributed by atoms with E-state index in [9.17, 15) is 13.2 Å². The monoisotopic (exact) mass is 405 g/mol. The van der Waals surface area contributed by atoms with E-state index < -0.39 is 11.7 Å². The Morgan fingerprint density at radius 3 is 2.43 bits per heavy atom. The van der Waals surface area contributed by atoms with Crippen molar-refractivity contribution in [2.24, 2.45) is 5.10 Å². The van der Waals surface area contributed by atoms with E-state index in [1.807, 2.05) is 30.3 Å². The van der Waals surface area contributed by atoms with Gasteiger partial charge in [-0.15, -0.1) is 0 Å². The molecule has 0 atom stereocenters. The Morgan fingerprint density at radius 2 is 1.79 bits per heavy atom. The van der Waals surface area contributed by atoms with Crippen LogP contribution in [-0.4, -0.2) is 11.2 Å². The molecular weight excluding hydrogens is 391 g/mol. The van der Waals surface area contributed by atoms with Gasteiger partial charge in [-0.3, -0.25) is 5.43 Å². The van der Waals surface area contributed by atoms with Gasteiger partial charge in [0, 0.05) is 6.20 Å². The van der Waals surface area contributed by atoms with Crippen LogP contribution in [0.1, 0.15) is 16.7 Å². The maximum absolute atomic E-state index is 12.6. The van der Waals surface area contributed by atoms with E-state index in [4.69, 9.17) is 16.3 Å². The van der Waals surface area contributed by atoms with Crippen LogP contribution in [0.5, 0.6) is 5.75 Å². The normalized spacial score (nSPS) is 11.6. The summed E-state index contributed by atoms with van der Waals surface area (Å²) < 4.78 is 43.5. The Morgan fingerprint density at radius 1 is 1.07 bits per heavy atom. The molecule has 3 rings (SSSR count). The second kappa shape index (κ2) is 8.75. The van der Waals surface area contributed by atoms with Crippen LogP contribution in [0.15, 0.2) is 72.0 Å². The molecule has 0 unspecified atom stereocenters. The lowest BCUT2D eigenvalue weighted by molar-refractivity contribution is -0.137. The molecule has 4 nitrogen and oxygen atoms in total. The predicted octanol–water partition coefficient (Wildman–Crippen LogP) is 5.78. The van der Waals surface area contributed by atoms with Gasteiger partial charge in [-0.1, -0.05) is 41.9 Å². The van der Waals surface area contributed by atoms with Gasteiger partial charge in [0.05, 0.1) is 16.8 Å². The number of nitrogens with zero attached hydrogens (tertiary/aromatic N) is 2. The molecule has 0 spiro atoms. The summed E-state index contributed by atoms with van der Waals surface area (Å²) in [5.74, 6) is 0.746. The smallest absolute Gasteiger partial charge is 0.417 e. The van der Waals surface area contributed by atoms with E-state index in [-0.39, 0.29) is 10.8 Å². The number of hydrogen-bond donors (Lipinski definition) is 1. The molecule has 0 aliphatic carbocycles. The van der Waals surface area contributed by atoms with Gasteiger partial charge in [0.1, 0.15) is 12.4 Å². The minimum Gasteiger partial charge on any atom is -0.489 e. The van der Waals surface area contributed by atoms with Crippen molar-refractivity contribution in [2.75, 3.05) is 5.43 Å². The molecule has 1 N–H and O–H groups in total. The third-order valence-corrected chi connectivity index (χ3v) is 3.97. The van der Waals surface area contributed by atoms with Crippen molar-refractivity contribution in [1.82, 2.24) is 4.98 Å². The van der Waals surface area contributed by atoms with E-state index in [0.29, 0.717) is 18.6 Å². The molecule has 0 amide bonds. The van der Waals surface area contributed by atoms with Crippen LogP contribution in [0.25, 0.3) is 0 Å². The SMILES string of the molecule is FC(F)(F)c1cnc(NN=Cc2ccc(OCc3ccccc3)cc2)c(Cl)c1. The highest BCUT2D eigenvalue weighted by molar-refractivity contribution is 6.32. The fourth-order valence-electron chi connectivity index (χ4n) is 2.23. The van der Waals surface area contributed by atoms with Crippen molar-refractivity contribution in [3.63, 3.8) is 0 Å². The molecule has 0 aliphatic heterocycles. The van der Waals surface area contributed by atoms with Crippen LogP contribution in [-0.2, 0) is 12.8 Å². The van der Waals surface area contributed by atoms with E-state index in [0.717, 1.165) is 17.2 Å². The summed E-state index contributed by atoms with van der Waals surface area (Å²) in [6, 6.07) is 17.8. The lowest BCUT2D eigenvalue weighted by Gasteiger charge is -2.08. The van der Waals surface area contributed by atoms with Crippen LogP contribution in [0.3, 0.4) is 0 Å². The predicted molar refractivity (Wildman–Crippen MR) is 103 cm³/mol. The third-order valence-electron chi connectivity index (χ3n) is 3.68. The maximum atomic E-state index is 12.6. The van der Waals surface area contributed by atoms with Gasteiger partial charge in [0.2, 0.25) is 0 Å². The Labute approximate surface area is 164 Å². The number of benzene rings is 2. The number of rotatable bonds is 6. The molecule has 3 aromatic rings. The standard InChI is InChI=1S/C20H15ClF3N3O/c21-18-10-16(20(22,23)24)12-25-19(18)27-26-11-14-6-8-17(9-7-14)28-13-15-4-2-1-3-5-15/h1-12H,13H2,(H,25,27). The number of pyridine rings is 1. The Kier molecular flexibility index (Phi) is 6.16. The summed E-state index contributed by atoms with van der Waals surface area (Å²) >= 11 is 5.81. The molecule has 0 saturated heterocycles. The highest BCUT2D eigenvalue weighted by Gasteiger charge is 2.31. The van der Waals surface area contributed by atoms with Crippen molar-refractivity contribution >= 4 is 23.6 Å². The first-order valence-corrected chi connectivity index (χ1v) is 8.58. The number of nitrogens with one attached hydrogen (secondary N) is 1. The molecule has 0 saturated carbocycles. The van der Waals surface area contributed by atoms with Gasteiger partial charge in [0.25, 0.3) is 0 Å². The fourth-order valence-corrected chi connectivity index (χ4v) is 2.44. The van der Waals surface area contributed by atoms with Crippen LogP contribution < -0.4 is 10.2 Å². The average molecular weight is 406 g/mol. The Balaban J connectivity index is 1.56. The zero-order valence-electron chi connectivity index (χ0n) is 14.4. The van der Waals surface area contributed by atoms with E-state index in [2.05, 4.69) is 15.5 Å². The Bertz CT molecular complexity index is 945. The molecule has 1 aromatic heterocycles. The summed E-state index contributed by atoms with van der Waals surface area (Å²) in [4.78, 5) is 3.65. The van der Waals surface area contributed by atoms with Crippen molar-refractivity contribution in [3.05, 3.63) is 88.6 Å². The Hall–Kier alpha value is -3.06. The number of anilines is 1. The molecule has 1 heterocycles. The maximum Gasteiger partial charge on any atom is 0.417 e. The van der Waals surface area contributed by atoms with Gasteiger partial charge in [0.15, 0.2) is 5.82 Å². The number of halogens is 4. The van der Waals surface area contributed by atoms with Gasteiger partial charge >= 0.3 is 6.18 Å². The third kappa shape index (κ3) is 5.47. The van der Waals surface area contributed by atoms with Crippen LogP contribution in [0, 0.1) is 0 Å². The van der Waals surface area contributed by atoms with Crippen molar-refractivity contribution < 1.29 is 17.9 Å². The number of alkyl halides is 3. The zero-order chi connectivity index (χ0) is 20.0. The van der Waals surface area contributed by atoms with Crippen molar-refractivity contribution in [3.8, 4) is 5.75 Å². The lowest BCUT2D eigenvalue weighted by atomic mass is 10.2. The average Bonchev–Trinajstić information content (AvgIpc) is 2.68. The molecule has 144 valence electrons. The summed E-state index contributed by atoms with van der Waals surface area (Å²) in [6.07, 6.45) is -2.30. The molecule has 28 heavy (non-hydrogen) atoms. The first kappa shape index (κ1) is 19.7. The quantitative estimate of drug-likeness (QED) is 0.417. The molecule has 0 bridgehead atoms. The topological polar surface area (TPSA) is 46.5 Å². The molecule has 0 fully saturated rings. The van der Waals surface area contributed by atoms with E-state index in [1.54, 1.807) is 24.3 Å². The minimum atomic E-state index is -4.50. The highest BCUT2D eigenvalue weighted by atomic mass is 35.5. The van der Waals surface area contributed by atoms with Crippen molar-refractivity contribution in [2.45, 2.75) is 12.8 Å². The van der Waals surface area contributed by atoms with Crippen molar-refractivity contribution in [1.29, 1.82) is 0 Å². The largest absolute Gasteiger partial charge is 0.489 e. The first-order valence-electron chi connectivity index (χ1n) is 8.20. The molecule has 0 radical (unpaired) electrons.